The maximum absolute atomic E-state index is 12.9. The van der Waals surface area contributed by atoms with E-state index in [0.29, 0.717) is 19.8 Å². The van der Waals surface area contributed by atoms with E-state index in [1.54, 1.807) is 12.1 Å². The molecule has 0 amide bonds. The molecule has 0 radical (unpaired) electrons. The van der Waals surface area contributed by atoms with E-state index in [-0.39, 0.29) is 16.9 Å². The Bertz CT molecular complexity index is 899. The molecule has 2 aromatic rings. The lowest BCUT2D eigenvalue weighted by molar-refractivity contribution is 0.122. The summed E-state index contributed by atoms with van der Waals surface area (Å²) >= 11 is 0. The zero-order valence-electron chi connectivity index (χ0n) is 16.7. The fraction of sp³-hybridized carbons (Fsp3) is 0.476. The van der Waals surface area contributed by atoms with Crippen molar-refractivity contribution in [2.24, 2.45) is 5.92 Å². The number of likely N-dealkylation sites (tertiary alicyclic amines) is 1. The average Bonchev–Trinajstić information content (AvgIpc) is 3.07. The Kier molecular flexibility index (Phi) is 6.15. The number of ether oxygens (including phenoxy) is 1. The molecular weight excluding hydrogens is 388 g/mol. The number of benzene rings is 1. The molecule has 1 N–H and O–H groups in total. The fourth-order valence-electron chi connectivity index (χ4n) is 3.97. The van der Waals surface area contributed by atoms with Crippen LogP contribution in [0.15, 0.2) is 53.6 Å². The Morgan fingerprint density at radius 2 is 1.86 bits per heavy atom. The first-order valence-corrected chi connectivity index (χ1v) is 11.6. The van der Waals surface area contributed by atoms with Gasteiger partial charge in [-0.25, -0.2) is 18.1 Å². The van der Waals surface area contributed by atoms with Gasteiger partial charge in [-0.05, 0) is 23.6 Å². The third-order valence-corrected chi connectivity index (χ3v) is 7.08. The van der Waals surface area contributed by atoms with E-state index in [1.165, 1.54) is 11.8 Å². The highest BCUT2D eigenvalue weighted by Gasteiger charge is 2.33. The topological polar surface area (TPSA) is 74.8 Å². The van der Waals surface area contributed by atoms with Crippen LogP contribution in [0.3, 0.4) is 0 Å². The molecule has 2 aliphatic rings. The Labute approximate surface area is 172 Å². The van der Waals surface area contributed by atoms with E-state index >= 15 is 0 Å². The largest absolute Gasteiger partial charge is 0.378 e. The van der Waals surface area contributed by atoms with Gasteiger partial charge in [0.05, 0.1) is 13.2 Å². The lowest BCUT2D eigenvalue weighted by atomic mass is 10.1. The highest BCUT2D eigenvalue weighted by molar-refractivity contribution is 7.89. The predicted octanol–water partition coefficient (Wildman–Crippen LogP) is 1.72. The van der Waals surface area contributed by atoms with Gasteiger partial charge in [0, 0.05) is 45.0 Å². The molecule has 0 saturated carbocycles. The molecule has 1 aromatic carbocycles. The molecule has 4 rings (SSSR count). The van der Waals surface area contributed by atoms with Crippen LogP contribution in [-0.4, -0.2) is 63.7 Å². The molecule has 2 saturated heterocycles. The van der Waals surface area contributed by atoms with Crippen LogP contribution in [0, 0.1) is 5.92 Å². The number of nitrogens with one attached hydrogen (secondary N) is 1. The number of rotatable bonds is 6. The number of pyridine rings is 1. The van der Waals surface area contributed by atoms with E-state index in [1.807, 2.05) is 18.2 Å². The minimum absolute atomic E-state index is 0.109. The third kappa shape index (κ3) is 4.95. The summed E-state index contributed by atoms with van der Waals surface area (Å²) in [5.74, 6) is 1.03. The van der Waals surface area contributed by atoms with Gasteiger partial charge in [0.15, 0.2) is 0 Å². The zero-order valence-corrected chi connectivity index (χ0v) is 17.5. The Hall–Kier alpha value is -2.00. The summed E-state index contributed by atoms with van der Waals surface area (Å²) in [6.45, 7) is 7.38. The van der Waals surface area contributed by atoms with Crippen LogP contribution in [0.1, 0.15) is 12.5 Å². The van der Waals surface area contributed by atoms with Crippen molar-refractivity contribution < 1.29 is 13.2 Å². The van der Waals surface area contributed by atoms with Crippen molar-refractivity contribution in [3.8, 4) is 0 Å². The van der Waals surface area contributed by atoms with E-state index < -0.39 is 10.0 Å². The molecule has 8 heteroatoms. The number of hydrogen-bond acceptors (Lipinski definition) is 6. The molecule has 0 bridgehead atoms. The monoisotopic (exact) mass is 416 g/mol. The molecule has 3 heterocycles. The average molecular weight is 417 g/mol. The van der Waals surface area contributed by atoms with Crippen LogP contribution in [-0.2, 0) is 21.3 Å². The Morgan fingerprint density at radius 3 is 2.55 bits per heavy atom. The number of aromatic nitrogens is 1. The van der Waals surface area contributed by atoms with Gasteiger partial charge in [-0.3, -0.25) is 4.90 Å². The predicted molar refractivity (Wildman–Crippen MR) is 112 cm³/mol. The van der Waals surface area contributed by atoms with E-state index in [9.17, 15) is 8.42 Å². The maximum atomic E-state index is 12.9. The minimum atomic E-state index is -3.60. The van der Waals surface area contributed by atoms with Crippen molar-refractivity contribution in [3.05, 3.63) is 54.2 Å². The Balaban J connectivity index is 1.39. The SMILES string of the molecule is C[C@@H]1CN(Cc2ccccc2)C[C@H]1NS(=O)(=O)c1ccc(N2CCOCC2)nc1. The lowest BCUT2D eigenvalue weighted by Crippen LogP contribution is -2.40. The molecule has 0 spiro atoms. The number of morpholine rings is 1. The van der Waals surface area contributed by atoms with Crippen LogP contribution >= 0.6 is 0 Å². The number of anilines is 1. The summed E-state index contributed by atoms with van der Waals surface area (Å²) in [5, 5.41) is 0. The molecule has 29 heavy (non-hydrogen) atoms. The summed E-state index contributed by atoms with van der Waals surface area (Å²) in [5.41, 5.74) is 1.24. The highest BCUT2D eigenvalue weighted by Crippen LogP contribution is 2.22. The summed E-state index contributed by atoms with van der Waals surface area (Å²) in [6.07, 6.45) is 1.45. The van der Waals surface area contributed by atoms with Crippen molar-refractivity contribution in [2.75, 3.05) is 44.3 Å². The van der Waals surface area contributed by atoms with Crippen LogP contribution < -0.4 is 9.62 Å². The van der Waals surface area contributed by atoms with Crippen molar-refractivity contribution in [3.63, 3.8) is 0 Å². The molecule has 156 valence electrons. The van der Waals surface area contributed by atoms with E-state index in [2.05, 4.69) is 38.6 Å². The van der Waals surface area contributed by atoms with Crippen molar-refractivity contribution in [2.45, 2.75) is 24.4 Å². The number of sulfonamides is 1. The first-order chi connectivity index (χ1) is 14.0. The molecule has 7 nitrogen and oxygen atoms in total. The van der Waals surface area contributed by atoms with Crippen LogP contribution in [0.4, 0.5) is 5.82 Å². The van der Waals surface area contributed by atoms with Crippen molar-refractivity contribution in [1.82, 2.24) is 14.6 Å². The molecule has 2 atom stereocenters. The molecule has 0 aliphatic carbocycles. The van der Waals surface area contributed by atoms with E-state index in [4.69, 9.17) is 4.74 Å². The normalized spacial score (nSPS) is 23.4. The maximum Gasteiger partial charge on any atom is 0.242 e. The quantitative estimate of drug-likeness (QED) is 0.773. The summed E-state index contributed by atoms with van der Waals surface area (Å²) in [4.78, 5) is 8.99. The van der Waals surface area contributed by atoms with Gasteiger partial charge in [0.2, 0.25) is 10.0 Å². The zero-order chi connectivity index (χ0) is 20.3. The van der Waals surface area contributed by atoms with E-state index in [0.717, 1.165) is 32.0 Å². The van der Waals surface area contributed by atoms with Gasteiger partial charge in [-0.2, -0.15) is 0 Å². The number of nitrogens with zero attached hydrogens (tertiary/aromatic N) is 3. The molecule has 2 aliphatic heterocycles. The first kappa shape index (κ1) is 20.3. The van der Waals surface area contributed by atoms with Crippen LogP contribution in [0.2, 0.25) is 0 Å². The second-order valence-electron chi connectivity index (χ2n) is 7.84. The molecule has 1 aromatic heterocycles. The molecule has 2 fully saturated rings. The lowest BCUT2D eigenvalue weighted by Gasteiger charge is -2.27. The van der Waals surface area contributed by atoms with Gasteiger partial charge in [-0.15, -0.1) is 0 Å². The van der Waals surface area contributed by atoms with Crippen molar-refractivity contribution in [1.29, 1.82) is 0 Å². The van der Waals surface area contributed by atoms with Crippen molar-refractivity contribution >= 4 is 15.8 Å². The van der Waals surface area contributed by atoms with Crippen LogP contribution in [0.25, 0.3) is 0 Å². The fourth-order valence-corrected chi connectivity index (χ4v) is 5.25. The van der Waals surface area contributed by atoms with Crippen LogP contribution in [0.5, 0.6) is 0 Å². The minimum Gasteiger partial charge on any atom is -0.378 e. The highest BCUT2D eigenvalue weighted by atomic mass is 32.2. The van der Waals surface area contributed by atoms with Gasteiger partial charge in [0.1, 0.15) is 10.7 Å². The standard InChI is InChI=1S/C21H28N4O3S/c1-17-14-24(15-18-5-3-2-4-6-18)16-20(17)23-29(26,27)19-7-8-21(22-13-19)25-9-11-28-12-10-25/h2-8,13,17,20,23H,9-12,14-16H2,1H3/t17-,20-/m1/s1. The smallest absolute Gasteiger partial charge is 0.242 e. The summed E-state index contributed by atoms with van der Waals surface area (Å²) < 4.78 is 34.0. The number of hydrogen-bond donors (Lipinski definition) is 1. The van der Waals surface area contributed by atoms with Gasteiger partial charge >= 0.3 is 0 Å². The molecular formula is C21H28N4O3S. The Morgan fingerprint density at radius 1 is 1.10 bits per heavy atom. The summed E-state index contributed by atoms with van der Waals surface area (Å²) in [6, 6.07) is 13.6. The second kappa shape index (κ2) is 8.79. The third-order valence-electron chi connectivity index (χ3n) is 5.61. The van der Waals surface area contributed by atoms with Gasteiger partial charge in [0.25, 0.3) is 0 Å². The molecule has 0 unspecified atom stereocenters. The van der Waals surface area contributed by atoms with Gasteiger partial charge in [-0.1, -0.05) is 37.3 Å². The second-order valence-corrected chi connectivity index (χ2v) is 9.55. The summed E-state index contributed by atoms with van der Waals surface area (Å²) in [7, 11) is -3.60. The van der Waals surface area contributed by atoms with Gasteiger partial charge < -0.3 is 9.64 Å². The first-order valence-electron chi connectivity index (χ1n) is 10.1.